The van der Waals surface area contributed by atoms with Crippen LogP contribution in [-0.2, 0) is 5.41 Å². The van der Waals surface area contributed by atoms with Crippen molar-refractivity contribution in [1.82, 2.24) is 4.98 Å². The molecule has 1 heterocycles. The van der Waals surface area contributed by atoms with Crippen molar-refractivity contribution in [3.05, 3.63) is 23.5 Å². The van der Waals surface area contributed by atoms with Crippen molar-refractivity contribution in [3.63, 3.8) is 0 Å². The van der Waals surface area contributed by atoms with Gasteiger partial charge in [0, 0.05) is 5.41 Å². The summed E-state index contributed by atoms with van der Waals surface area (Å²) < 4.78 is 0. The van der Waals surface area contributed by atoms with Gasteiger partial charge in [-0.15, -0.1) is 0 Å². The highest BCUT2D eigenvalue weighted by Gasteiger charge is 2.23. The number of hydrogen-bond donors (Lipinski definition) is 2. The summed E-state index contributed by atoms with van der Waals surface area (Å²) in [5.74, 6) is -0.991. The van der Waals surface area contributed by atoms with Gasteiger partial charge >= 0.3 is 5.97 Å². The molecule has 0 bridgehead atoms. The lowest BCUT2D eigenvalue weighted by Gasteiger charge is -2.19. The molecule has 4 heteroatoms. The lowest BCUT2D eigenvalue weighted by molar-refractivity contribution is 0.0693. The summed E-state index contributed by atoms with van der Waals surface area (Å²) in [7, 11) is 0. The molecular formula is C10H14N2O2. The summed E-state index contributed by atoms with van der Waals surface area (Å²) in [5, 5.41) is 8.96. The molecule has 0 saturated heterocycles. The van der Waals surface area contributed by atoms with Crippen LogP contribution < -0.4 is 5.73 Å². The lowest BCUT2D eigenvalue weighted by Crippen LogP contribution is -2.19. The maximum atomic E-state index is 10.9. The zero-order valence-corrected chi connectivity index (χ0v) is 8.53. The van der Waals surface area contributed by atoms with E-state index in [-0.39, 0.29) is 11.0 Å². The standard InChI is InChI=1S/C10H14N2O2/c1-10(2,3)8-7(9(13)14)4-6(11)5-12-8/h4-5H,11H2,1-3H3,(H,13,14). The van der Waals surface area contributed by atoms with Gasteiger partial charge in [-0.05, 0) is 6.07 Å². The topological polar surface area (TPSA) is 76.2 Å². The molecule has 0 saturated carbocycles. The molecule has 0 unspecified atom stereocenters. The van der Waals surface area contributed by atoms with E-state index in [1.165, 1.54) is 12.3 Å². The molecule has 3 N–H and O–H groups in total. The first-order valence-corrected chi connectivity index (χ1v) is 4.31. The van der Waals surface area contributed by atoms with Crippen LogP contribution >= 0.6 is 0 Å². The SMILES string of the molecule is CC(C)(C)c1ncc(N)cc1C(=O)O. The van der Waals surface area contributed by atoms with Crippen LogP contribution in [0.4, 0.5) is 5.69 Å². The molecular weight excluding hydrogens is 180 g/mol. The predicted molar refractivity (Wildman–Crippen MR) is 54.3 cm³/mol. The summed E-state index contributed by atoms with van der Waals surface area (Å²) in [5.41, 5.74) is 6.30. The van der Waals surface area contributed by atoms with E-state index < -0.39 is 5.97 Å². The average Bonchev–Trinajstić information content (AvgIpc) is 2.01. The van der Waals surface area contributed by atoms with E-state index >= 15 is 0 Å². The van der Waals surface area contributed by atoms with Gasteiger partial charge in [0.15, 0.2) is 0 Å². The van der Waals surface area contributed by atoms with Gasteiger partial charge in [0.2, 0.25) is 0 Å². The van der Waals surface area contributed by atoms with Crippen molar-refractivity contribution >= 4 is 11.7 Å². The Balaban J connectivity index is 3.37. The first kappa shape index (κ1) is 10.5. The highest BCUT2D eigenvalue weighted by Crippen LogP contribution is 2.24. The van der Waals surface area contributed by atoms with E-state index in [1.807, 2.05) is 20.8 Å². The molecule has 1 aromatic heterocycles. The van der Waals surface area contributed by atoms with Gasteiger partial charge in [-0.25, -0.2) is 4.79 Å². The van der Waals surface area contributed by atoms with Crippen LogP contribution in [-0.4, -0.2) is 16.1 Å². The van der Waals surface area contributed by atoms with Crippen LogP contribution in [0.15, 0.2) is 12.3 Å². The third kappa shape index (κ3) is 2.02. The highest BCUT2D eigenvalue weighted by atomic mass is 16.4. The molecule has 0 amide bonds. The number of hydrogen-bond acceptors (Lipinski definition) is 3. The summed E-state index contributed by atoms with van der Waals surface area (Å²) in [6.45, 7) is 5.74. The summed E-state index contributed by atoms with van der Waals surface area (Å²) in [4.78, 5) is 15.0. The van der Waals surface area contributed by atoms with Gasteiger partial charge in [0.05, 0.1) is 23.1 Å². The molecule has 1 rings (SSSR count). The molecule has 0 fully saturated rings. The van der Waals surface area contributed by atoms with Gasteiger partial charge < -0.3 is 10.8 Å². The maximum absolute atomic E-state index is 10.9. The van der Waals surface area contributed by atoms with E-state index in [2.05, 4.69) is 4.98 Å². The first-order chi connectivity index (χ1) is 6.32. The van der Waals surface area contributed by atoms with Crippen molar-refractivity contribution in [2.24, 2.45) is 0 Å². The Kier molecular flexibility index (Phi) is 2.47. The maximum Gasteiger partial charge on any atom is 0.337 e. The Morgan fingerprint density at radius 1 is 1.50 bits per heavy atom. The fraction of sp³-hybridized carbons (Fsp3) is 0.400. The third-order valence-electron chi connectivity index (χ3n) is 1.85. The summed E-state index contributed by atoms with van der Waals surface area (Å²) >= 11 is 0. The van der Waals surface area contributed by atoms with Crippen molar-refractivity contribution in [2.75, 3.05) is 5.73 Å². The van der Waals surface area contributed by atoms with Crippen LogP contribution in [0.1, 0.15) is 36.8 Å². The van der Waals surface area contributed by atoms with Crippen LogP contribution in [0.25, 0.3) is 0 Å². The Labute approximate surface area is 82.8 Å². The number of carboxylic acids is 1. The van der Waals surface area contributed by atoms with Gasteiger partial charge in [0.25, 0.3) is 0 Å². The zero-order valence-electron chi connectivity index (χ0n) is 8.53. The number of carbonyl (C=O) groups is 1. The first-order valence-electron chi connectivity index (χ1n) is 4.31. The van der Waals surface area contributed by atoms with Crippen LogP contribution in [0.3, 0.4) is 0 Å². The summed E-state index contributed by atoms with van der Waals surface area (Å²) in [6.07, 6.45) is 1.48. The predicted octanol–water partition coefficient (Wildman–Crippen LogP) is 1.66. The van der Waals surface area contributed by atoms with E-state index in [9.17, 15) is 4.79 Å². The monoisotopic (exact) mass is 194 g/mol. The fourth-order valence-corrected chi connectivity index (χ4v) is 1.24. The van der Waals surface area contributed by atoms with Crippen LogP contribution in [0, 0.1) is 0 Å². The molecule has 0 aliphatic heterocycles. The normalized spacial score (nSPS) is 11.4. The average molecular weight is 194 g/mol. The minimum atomic E-state index is -0.991. The molecule has 0 atom stereocenters. The van der Waals surface area contributed by atoms with E-state index in [1.54, 1.807) is 0 Å². The molecule has 0 aliphatic carbocycles. The molecule has 0 radical (unpaired) electrons. The van der Waals surface area contributed by atoms with Crippen LogP contribution in [0.2, 0.25) is 0 Å². The molecule has 4 nitrogen and oxygen atoms in total. The van der Waals surface area contributed by atoms with Gasteiger partial charge in [-0.3, -0.25) is 4.98 Å². The van der Waals surface area contributed by atoms with E-state index in [0.717, 1.165) is 0 Å². The lowest BCUT2D eigenvalue weighted by atomic mass is 9.88. The Hall–Kier alpha value is -1.58. The second-order valence-corrected chi connectivity index (χ2v) is 4.22. The summed E-state index contributed by atoms with van der Waals surface area (Å²) in [6, 6.07) is 1.44. The number of aromatic nitrogens is 1. The Bertz CT molecular complexity index is 367. The van der Waals surface area contributed by atoms with Crippen molar-refractivity contribution in [3.8, 4) is 0 Å². The molecule has 0 aliphatic rings. The smallest absolute Gasteiger partial charge is 0.337 e. The number of rotatable bonds is 1. The van der Waals surface area contributed by atoms with Crippen molar-refractivity contribution in [2.45, 2.75) is 26.2 Å². The van der Waals surface area contributed by atoms with Crippen molar-refractivity contribution in [1.29, 1.82) is 0 Å². The number of carboxylic acid groups (broad SMARTS) is 1. The minimum Gasteiger partial charge on any atom is -0.478 e. The number of nitrogens with zero attached hydrogens (tertiary/aromatic N) is 1. The minimum absolute atomic E-state index is 0.178. The number of nitrogens with two attached hydrogens (primary N) is 1. The largest absolute Gasteiger partial charge is 0.478 e. The van der Waals surface area contributed by atoms with E-state index in [0.29, 0.717) is 11.4 Å². The molecule has 1 aromatic rings. The zero-order chi connectivity index (χ0) is 10.9. The highest BCUT2D eigenvalue weighted by molar-refractivity contribution is 5.90. The second kappa shape index (κ2) is 3.29. The van der Waals surface area contributed by atoms with Gasteiger partial charge in [-0.2, -0.15) is 0 Å². The fourth-order valence-electron chi connectivity index (χ4n) is 1.24. The molecule has 0 spiro atoms. The number of nitrogen functional groups attached to an aromatic ring is 1. The quantitative estimate of drug-likeness (QED) is 0.712. The molecule has 14 heavy (non-hydrogen) atoms. The number of anilines is 1. The second-order valence-electron chi connectivity index (χ2n) is 4.22. The van der Waals surface area contributed by atoms with Crippen molar-refractivity contribution < 1.29 is 9.90 Å². The molecule has 76 valence electrons. The van der Waals surface area contributed by atoms with Gasteiger partial charge in [-0.1, -0.05) is 20.8 Å². The Morgan fingerprint density at radius 3 is 2.50 bits per heavy atom. The number of aromatic carboxylic acids is 1. The van der Waals surface area contributed by atoms with Crippen LogP contribution in [0.5, 0.6) is 0 Å². The van der Waals surface area contributed by atoms with Gasteiger partial charge in [0.1, 0.15) is 0 Å². The molecule has 0 aromatic carbocycles. The number of pyridine rings is 1. The van der Waals surface area contributed by atoms with E-state index in [4.69, 9.17) is 10.8 Å². The third-order valence-corrected chi connectivity index (χ3v) is 1.85. The Morgan fingerprint density at radius 2 is 2.07 bits per heavy atom.